The zero-order chi connectivity index (χ0) is 16.2. The molecular formula is C14H16BrNO5S. The van der Waals surface area contributed by atoms with Crippen molar-refractivity contribution in [3.8, 4) is 5.88 Å². The molecule has 1 heterocycles. The molecule has 6 nitrogen and oxygen atoms in total. The van der Waals surface area contributed by atoms with E-state index in [1.165, 1.54) is 0 Å². The van der Waals surface area contributed by atoms with E-state index in [1.54, 1.807) is 6.92 Å². The lowest BCUT2D eigenvalue weighted by Crippen LogP contribution is -2.09. The number of nitrogens with zero attached hydrogens (tertiary/aromatic N) is 1. The van der Waals surface area contributed by atoms with E-state index in [1.807, 2.05) is 30.3 Å². The van der Waals surface area contributed by atoms with Gasteiger partial charge in [0.25, 0.3) is 16.0 Å². The second-order valence-corrected chi connectivity index (χ2v) is 7.03. The number of ether oxygens (including phenoxy) is 1. The van der Waals surface area contributed by atoms with Crippen molar-refractivity contribution in [3.63, 3.8) is 0 Å². The number of halogens is 1. The lowest BCUT2D eigenvalue weighted by molar-refractivity contribution is 0.166. The van der Waals surface area contributed by atoms with Crippen LogP contribution in [-0.2, 0) is 20.9 Å². The fourth-order valence-corrected chi connectivity index (χ4v) is 2.96. The maximum Gasteiger partial charge on any atom is 0.269 e. The van der Waals surface area contributed by atoms with Crippen LogP contribution in [0.15, 0.2) is 39.3 Å². The molecule has 22 heavy (non-hydrogen) atoms. The lowest BCUT2D eigenvalue weighted by atomic mass is 10.2. The summed E-state index contributed by atoms with van der Waals surface area (Å²) in [4.78, 5) is 0. The first-order chi connectivity index (χ1) is 10.4. The molecule has 1 atom stereocenters. The van der Waals surface area contributed by atoms with E-state index in [9.17, 15) is 8.42 Å². The van der Waals surface area contributed by atoms with E-state index in [-0.39, 0.29) is 11.6 Å². The molecule has 8 heteroatoms. The SMILES string of the molecule is CCC(OS(C)(=O)=O)c1onc(OCc2ccccc2)c1Br. The van der Waals surface area contributed by atoms with Gasteiger partial charge in [-0.15, -0.1) is 0 Å². The Morgan fingerprint density at radius 2 is 2.00 bits per heavy atom. The third-order valence-corrected chi connectivity index (χ3v) is 4.12. The highest BCUT2D eigenvalue weighted by Gasteiger charge is 2.26. The molecular weight excluding hydrogens is 374 g/mol. The van der Waals surface area contributed by atoms with Crippen LogP contribution in [0, 0.1) is 0 Å². The van der Waals surface area contributed by atoms with Gasteiger partial charge in [0.05, 0.1) is 6.26 Å². The summed E-state index contributed by atoms with van der Waals surface area (Å²) in [5.74, 6) is 0.547. The Morgan fingerprint density at radius 3 is 2.59 bits per heavy atom. The zero-order valence-electron chi connectivity index (χ0n) is 12.2. The predicted octanol–water partition coefficient (Wildman–Crippen LogP) is 3.44. The summed E-state index contributed by atoms with van der Waals surface area (Å²) in [6.45, 7) is 2.12. The van der Waals surface area contributed by atoms with Gasteiger partial charge in [0, 0.05) is 0 Å². The van der Waals surface area contributed by atoms with Gasteiger partial charge in [-0.05, 0) is 33.1 Å². The number of aromatic nitrogens is 1. The Morgan fingerprint density at radius 1 is 1.32 bits per heavy atom. The minimum Gasteiger partial charge on any atom is -0.470 e. The summed E-state index contributed by atoms with van der Waals surface area (Å²) >= 11 is 3.32. The molecule has 0 bridgehead atoms. The normalized spacial score (nSPS) is 13.0. The molecule has 120 valence electrons. The van der Waals surface area contributed by atoms with Crippen LogP contribution in [0.1, 0.15) is 30.8 Å². The first-order valence-electron chi connectivity index (χ1n) is 6.60. The van der Waals surface area contributed by atoms with Crippen LogP contribution in [0.4, 0.5) is 0 Å². The molecule has 0 aliphatic rings. The van der Waals surface area contributed by atoms with Gasteiger partial charge in [-0.2, -0.15) is 8.42 Å². The van der Waals surface area contributed by atoms with Crippen LogP contribution in [0.5, 0.6) is 5.88 Å². The number of hydrogen-bond donors (Lipinski definition) is 0. The van der Waals surface area contributed by atoms with E-state index in [0.717, 1.165) is 11.8 Å². The Kier molecular flexibility index (Phi) is 5.60. The second kappa shape index (κ2) is 7.26. The molecule has 2 rings (SSSR count). The molecule has 2 aromatic rings. The van der Waals surface area contributed by atoms with Crippen LogP contribution in [-0.4, -0.2) is 19.8 Å². The van der Waals surface area contributed by atoms with Crippen molar-refractivity contribution in [1.82, 2.24) is 5.16 Å². The van der Waals surface area contributed by atoms with Crippen molar-refractivity contribution in [2.45, 2.75) is 26.1 Å². The van der Waals surface area contributed by atoms with Crippen LogP contribution in [0.2, 0.25) is 0 Å². The van der Waals surface area contributed by atoms with Crippen molar-refractivity contribution in [1.29, 1.82) is 0 Å². The van der Waals surface area contributed by atoms with Crippen LogP contribution in [0.3, 0.4) is 0 Å². The predicted molar refractivity (Wildman–Crippen MR) is 83.9 cm³/mol. The highest BCUT2D eigenvalue weighted by atomic mass is 79.9. The average molecular weight is 390 g/mol. The van der Waals surface area contributed by atoms with Gasteiger partial charge in [-0.25, -0.2) is 0 Å². The first-order valence-corrected chi connectivity index (χ1v) is 9.21. The topological polar surface area (TPSA) is 78.6 Å². The second-order valence-electron chi connectivity index (χ2n) is 4.64. The molecule has 0 fully saturated rings. The highest BCUT2D eigenvalue weighted by Crippen LogP contribution is 2.36. The molecule has 0 radical (unpaired) electrons. The summed E-state index contributed by atoms with van der Waals surface area (Å²) in [7, 11) is -3.60. The number of rotatable bonds is 7. The molecule has 0 saturated heterocycles. The maximum absolute atomic E-state index is 11.3. The number of hydrogen-bond acceptors (Lipinski definition) is 6. The molecule has 1 unspecified atom stereocenters. The molecule has 0 spiro atoms. The fourth-order valence-electron chi connectivity index (χ4n) is 1.80. The van der Waals surface area contributed by atoms with Gasteiger partial charge in [-0.1, -0.05) is 37.3 Å². The quantitative estimate of drug-likeness (QED) is 0.674. The van der Waals surface area contributed by atoms with Gasteiger partial charge in [0.2, 0.25) is 0 Å². The van der Waals surface area contributed by atoms with E-state index < -0.39 is 16.2 Å². The van der Waals surface area contributed by atoms with E-state index in [4.69, 9.17) is 13.4 Å². The van der Waals surface area contributed by atoms with Crippen molar-refractivity contribution in [3.05, 3.63) is 46.1 Å². The largest absolute Gasteiger partial charge is 0.470 e. The van der Waals surface area contributed by atoms with Gasteiger partial charge in [0.1, 0.15) is 17.2 Å². The smallest absolute Gasteiger partial charge is 0.269 e. The van der Waals surface area contributed by atoms with Gasteiger partial charge < -0.3 is 9.26 Å². The van der Waals surface area contributed by atoms with Crippen LogP contribution < -0.4 is 4.74 Å². The molecule has 1 aromatic carbocycles. The van der Waals surface area contributed by atoms with Crippen molar-refractivity contribution >= 4 is 26.0 Å². The molecule has 0 amide bonds. The summed E-state index contributed by atoms with van der Waals surface area (Å²) in [5.41, 5.74) is 0.985. The van der Waals surface area contributed by atoms with E-state index in [2.05, 4.69) is 21.1 Å². The molecule has 0 aliphatic heterocycles. The summed E-state index contributed by atoms with van der Waals surface area (Å²) in [6, 6.07) is 9.60. The monoisotopic (exact) mass is 389 g/mol. The Bertz CT molecular complexity index is 714. The minimum absolute atomic E-state index is 0.259. The standard InChI is InChI=1S/C14H16BrNO5S/c1-3-11(21-22(2,17)18)13-12(15)14(16-20-13)19-9-10-7-5-4-6-8-10/h4-8,11H,3,9H2,1-2H3. The van der Waals surface area contributed by atoms with Crippen molar-refractivity contribution < 1.29 is 21.9 Å². The lowest BCUT2D eigenvalue weighted by Gasteiger charge is -2.10. The van der Waals surface area contributed by atoms with Gasteiger partial charge in [0.15, 0.2) is 5.76 Å². The molecule has 0 aliphatic carbocycles. The van der Waals surface area contributed by atoms with E-state index in [0.29, 0.717) is 17.5 Å². The summed E-state index contributed by atoms with van der Waals surface area (Å²) in [6.07, 6.45) is 0.664. The summed E-state index contributed by atoms with van der Waals surface area (Å²) in [5, 5.41) is 3.81. The zero-order valence-corrected chi connectivity index (χ0v) is 14.6. The minimum atomic E-state index is -3.60. The maximum atomic E-state index is 11.3. The van der Waals surface area contributed by atoms with Crippen molar-refractivity contribution in [2.24, 2.45) is 0 Å². The highest BCUT2D eigenvalue weighted by molar-refractivity contribution is 9.10. The van der Waals surface area contributed by atoms with Gasteiger partial charge in [-0.3, -0.25) is 4.18 Å². The average Bonchev–Trinajstić information content (AvgIpc) is 2.84. The Labute approximate surface area is 137 Å². The first kappa shape index (κ1) is 17.0. The Balaban J connectivity index is 2.11. The van der Waals surface area contributed by atoms with Crippen LogP contribution in [0.25, 0.3) is 0 Å². The third-order valence-electron chi connectivity index (χ3n) is 2.80. The summed E-state index contributed by atoms with van der Waals surface area (Å²) < 4.78 is 38.7. The number of benzene rings is 1. The fraction of sp³-hybridized carbons (Fsp3) is 0.357. The van der Waals surface area contributed by atoms with Gasteiger partial charge >= 0.3 is 0 Å². The Hall–Kier alpha value is -1.38. The van der Waals surface area contributed by atoms with Crippen molar-refractivity contribution in [2.75, 3.05) is 6.26 Å². The molecule has 1 aromatic heterocycles. The van der Waals surface area contributed by atoms with Crippen LogP contribution >= 0.6 is 15.9 Å². The third kappa shape index (κ3) is 4.56. The molecule has 0 saturated carbocycles. The van der Waals surface area contributed by atoms with E-state index >= 15 is 0 Å². The molecule has 0 N–H and O–H groups in total.